The van der Waals surface area contributed by atoms with Crippen LogP contribution in [0.3, 0.4) is 0 Å². The maximum absolute atomic E-state index is 3.47. The van der Waals surface area contributed by atoms with Crippen molar-refractivity contribution < 1.29 is 0 Å². The van der Waals surface area contributed by atoms with Crippen LogP contribution in [0.1, 0.15) is 17.2 Å². The maximum atomic E-state index is 3.47. The molecule has 0 aliphatic carbocycles. The smallest absolute Gasteiger partial charge is 0.0364 e. The number of rotatable bonds is 4. The summed E-state index contributed by atoms with van der Waals surface area (Å²) < 4.78 is 1.28. The Morgan fingerprint density at radius 1 is 0.905 bits per heavy atom. The van der Waals surface area contributed by atoms with Crippen LogP contribution in [-0.2, 0) is 6.42 Å². The van der Waals surface area contributed by atoms with Crippen molar-refractivity contribution in [2.24, 2.45) is 0 Å². The predicted molar refractivity (Wildman–Crippen MR) is 98.6 cm³/mol. The van der Waals surface area contributed by atoms with Crippen LogP contribution in [0.25, 0.3) is 10.8 Å². The molecular weight excluding hydrogens is 369 g/mol. The molecule has 1 nitrogen and oxygen atoms in total. The van der Waals surface area contributed by atoms with Gasteiger partial charge < -0.3 is 5.32 Å². The van der Waals surface area contributed by atoms with Gasteiger partial charge in [-0.15, -0.1) is 0 Å². The summed E-state index contributed by atoms with van der Waals surface area (Å²) in [5.74, 6) is 0. The zero-order valence-electron chi connectivity index (χ0n) is 12.0. The van der Waals surface area contributed by atoms with Gasteiger partial charge in [0.2, 0.25) is 0 Å². The van der Waals surface area contributed by atoms with Crippen LogP contribution in [0.4, 0.5) is 0 Å². The molecule has 0 aromatic heterocycles. The number of halogens is 1. The fraction of sp³-hybridized carbons (Fsp3) is 0.158. The highest BCUT2D eigenvalue weighted by Gasteiger charge is 2.12. The van der Waals surface area contributed by atoms with Crippen molar-refractivity contribution in [3.8, 4) is 0 Å². The lowest BCUT2D eigenvalue weighted by atomic mass is 9.94. The van der Waals surface area contributed by atoms with Gasteiger partial charge >= 0.3 is 0 Å². The van der Waals surface area contributed by atoms with E-state index in [0.29, 0.717) is 6.04 Å². The molecule has 0 spiro atoms. The van der Waals surface area contributed by atoms with E-state index in [-0.39, 0.29) is 0 Å². The molecule has 0 saturated heterocycles. The first-order valence-electron chi connectivity index (χ1n) is 7.17. The molecular formula is C19H18IN. The van der Waals surface area contributed by atoms with Gasteiger partial charge in [0, 0.05) is 9.61 Å². The molecule has 21 heavy (non-hydrogen) atoms. The Hall–Kier alpha value is -1.39. The van der Waals surface area contributed by atoms with Crippen LogP contribution >= 0.6 is 22.6 Å². The lowest BCUT2D eigenvalue weighted by molar-refractivity contribution is 0.596. The molecule has 0 aliphatic heterocycles. The first-order chi connectivity index (χ1) is 10.3. The van der Waals surface area contributed by atoms with Gasteiger partial charge in [0.25, 0.3) is 0 Å². The maximum Gasteiger partial charge on any atom is 0.0364 e. The fourth-order valence-corrected chi connectivity index (χ4v) is 3.14. The molecule has 3 aromatic carbocycles. The second kappa shape index (κ2) is 6.58. The summed E-state index contributed by atoms with van der Waals surface area (Å²) in [5, 5.41) is 6.11. The van der Waals surface area contributed by atoms with Crippen LogP contribution in [0, 0.1) is 3.57 Å². The van der Waals surface area contributed by atoms with Gasteiger partial charge in [-0.1, -0.05) is 54.6 Å². The Labute approximate surface area is 139 Å². The van der Waals surface area contributed by atoms with Crippen molar-refractivity contribution in [1.29, 1.82) is 0 Å². The second-order valence-corrected chi connectivity index (χ2v) is 6.49. The van der Waals surface area contributed by atoms with E-state index >= 15 is 0 Å². The molecule has 0 saturated carbocycles. The monoisotopic (exact) mass is 387 g/mol. The normalized spacial score (nSPS) is 12.5. The highest BCUT2D eigenvalue weighted by atomic mass is 127. The Kier molecular flexibility index (Phi) is 4.56. The molecule has 0 radical (unpaired) electrons. The summed E-state index contributed by atoms with van der Waals surface area (Å²) in [7, 11) is 2.04. The van der Waals surface area contributed by atoms with Gasteiger partial charge in [-0.2, -0.15) is 0 Å². The van der Waals surface area contributed by atoms with E-state index < -0.39 is 0 Å². The molecule has 106 valence electrons. The summed E-state index contributed by atoms with van der Waals surface area (Å²) in [4.78, 5) is 0. The molecule has 3 aromatic rings. The number of nitrogens with one attached hydrogen (secondary N) is 1. The Bertz CT molecular complexity index is 729. The summed E-state index contributed by atoms with van der Waals surface area (Å²) in [5.41, 5.74) is 2.73. The zero-order valence-corrected chi connectivity index (χ0v) is 14.2. The minimum atomic E-state index is 0.330. The topological polar surface area (TPSA) is 12.0 Å². The Morgan fingerprint density at radius 3 is 2.38 bits per heavy atom. The van der Waals surface area contributed by atoms with Gasteiger partial charge in [-0.05, 0) is 70.1 Å². The minimum absolute atomic E-state index is 0.330. The molecule has 1 atom stereocenters. The van der Waals surface area contributed by atoms with E-state index in [9.17, 15) is 0 Å². The molecule has 2 heteroatoms. The molecule has 0 aliphatic rings. The fourth-order valence-electron chi connectivity index (χ4n) is 2.78. The first-order valence-corrected chi connectivity index (χ1v) is 8.25. The van der Waals surface area contributed by atoms with Gasteiger partial charge in [0.1, 0.15) is 0 Å². The quantitative estimate of drug-likeness (QED) is 0.625. The lowest BCUT2D eigenvalue weighted by Gasteiger charge is -2.19. The molecule has 0 bridgehead atoms. The second-order valence-electron chi connectivity index (χ2n) is 5.24. The van der Waals surface area contributed by atoms with Crippen LogP contribution in [0.15, 0.2) is 66.7 Å². The SMILES string of the molecule is CNC(Cc1ccc(I)cc1)c1cccc2ccccc12. The van der Waals surface area contributed by atoms with Gasteiger partial charge in [-0.25, -0.2) is 0 Å². The minimum Gasteiger partial charge on any atom is -0.313 e. The lowest BCUT2D eigenvalue weighted by Crippen LogP contribution is -2.19. The summed E-state index contributed by atoms with van der Waals surface area (Å²) in [6, 6.07) is 24.3. The largest absolute Gasteiger partial charge is 0.313 e. The highest BCUT2D eigenvalue weighted by Crippen LogP contribution is 2.26. The summed E-state index contributed by atoms with van der Waals surface area (Å²) in [6.45, 7) is 0. The van der Waals surface area contributed by atoms with Gasteiger partial charge in [0.05, 0.1) is 0 Å². The number of fused-ring (bicyclic) bond motifs is 1. The summed E-state index contributed by atoms with van der Waals surface area (Å²) >= 11 is 2.35. The van der Waals surface area contributed by atoms with Gasteiger partial charge in [0.15, 0.2) is 0 Å². The predicted octanol–water partition coefficient (Wildman–Crippen LogP) is 4.95. The standard InChI is InChI=1S/C19H18IN/c1-21-19(13-14-9-11-16(20)12-10-14)18-8-4-6-15-5-2-3-7-17(15)18/h2-12,19,21H,13H2,1H3. The van der Waals surface area contributed by atoms with Gasteiger partial charge in [-0.3, -0.25) is 0 Å². The van der Waals surface area contributed by atoms with E-state index in [4.69, 9.17) is 0 Å². The van der Waals surface area contributed by atoms with Crippen molar-refractivity contribution >= 4 is 33.4 Å². The molecule has 3 rings (SSSR count). The van der Waals surface area contributed by atoms with Crippen molar-refractivity contribution in [3.05, 3.63) is 81.4 Å². The number of likely N-dealkylation sites (N-methyl/N-ethyl adjacent to an activating group) is 1. The van der Waals surface area contributed by atoms with Crippen LogP contribution in [0.2, 0.25) is 0 Å². The van der Waals surface area contributed by atoms with E-state index in [0.717, 1.165) is 6.42 Å². The zero-order chi connectivity index (χ0) is 14.7. The molecule has 1 unspecified atom stereocenters. The van der Waals surface area contributed by atoms with E-state index in [2.05, 4.69) is 94.6 Å². The number of hydrogen-bond acceptors (Lipinski definition) is 1. The average molecular weight is 387 g/mol. The third-order valence-corrected chi connectivity index (χ3v) is 4.62. The van der Waals surface area contributed by atoms with Crippen LogP contribution in [0.5, 0.6) is 0 Å². The highest BCUT2D eigenvalue weighted by molar-refractivity contribution is 14.1. The van der Waals surface area contributed by atoms with Crippen molar-refractivity contribution in [2.75, 3.05) is 7.05 Å². The average Bonchev–Trinajstić information content (AvgIpc) is 2.54. The molecule has 0 fully saturated rings. The van der Waals surface area contributed by atoms with E-state index in [1.54, 1.807) is 0 Å². The molecule has 0 heterocycles. The van der Waals surface area contributed by atoms with Crippen LogP contribution < -0.4 is 5.32 Å². The number of benzene rings is 3. The van der Waals surface area contributed by atoms with Crippen molar-refractivity contribution in [1.82, 2.24) is 5.32 Å². The third-order valence-electron chi connectivity index (χ3n) is 3.90. The number of hydrogen-bond donors (Lipinski definition) is 1. The first kappa shape index (κ1) is 14.5. The molecule has 0 amide bonds. The van der Waals surface area contributed by atoms with Crippen molar-refractivity contribution in [3.63, 3.8) is 0 Å². The van der Waals surface area contributed by atoms with E-state index in [1.807, 2.05) is 7.05 Å². The Morgan fingerprint density at radius 2 is 1.62 bits per heavy atom. The Balaban J connectivity index is 1.96. The van der Waals surface area contributed by atoms with Crippen molar-refractivity contribution in [2.45, 2.75) is 12.5 Å². The van der Waals surface area contributed by atoms with E-state index in [1.165, 1.54) is 25.5 Å². The summed E-state index contributed by atoms with van der Waals surface area (Å²) in [6.07, 6.45) is 1.00. The third kappa shape index (κ3) is 3.27. The van der Waals surface area contributed by atoms with Crippen LogP contribution in [-0.4, -0.2) is 7.05 Å². The molecule has 1 N–H and O–H groups in total.